The van der Waals surface area contributed by atoms with Crippen LogP contribution in [-0.2, 0) is 19.6 Å². The van der Waals surface area contributed by atoms with Gasteiger partial charge >= 0.3 is 5.97 Å². The second-order valence-corrected chi connectivity index (χ2v) is 8.45. The molecule has 0 aliphatic carbocycles. The van der Waals surface area contributed by atoms with Gasteiger partial charge in [0.2, 0.25) is 0 Å². The zero-order chi connectivity index (χ0) is 18.7. The number of anilines is 1. The number of aryl methyl sites for hydroxylation is 1. The third-order valence-corrected chi connectivity index (χ3v) is 6.48. The van der Waals surface area contributed by atoms with Crippen molar-refractivity contribution in [3.8, 4) is 0 Å². The molecule has 1 aliphatic heterocycles. The largest absolute Gasteiger partial charge is 0.465 e. The molecule has 1 heterocycles. The first kappa shape index (κ1) is 18.5. The molecule has 0 unspecified atom stereocenters. The van der Waals surface area contributed by atoms with E-state index in [1.807, 2.05) is 31.2 Å². The average Bonchev–Trinajstić information content (AvgIpc) is 2.80. The maximum Gasteiger partial charge on any atom is 0.302 e. The van der Waals surface area contributed by atoms with Gasteiger partial charge in [-0.1, -0.05) is 35.9 Å². The van der Waals surface area contributed by atoms with Crippen LogP contribution in [0.4, 0.5) is 5.69 Å². The highest BCUT2D eigenvalue weighted by Crippen LogP contribution is 2.37. The number of hydrogen-bond acceptors (Lipinski definition) is 4. The summed E-state index contributed by atoms with van der Waals surface area (Å²) < 4.78 is 33.1. The second kappa shape index (κ2) is 7.50. The van der Waals surface area contributed by atoms with Crippen LogP contribution in [0.25, 0.3) is 0 Å². The van der Waals surface area contributed by atoms with E-state index in [0.717, 1.165) is 17.5 Å². The Morgan fingerprint density at radius 3 is 2.54 bits per heavy atom. The molecule has 0 amide bonds. The van der Waals surface area contributed by atoms with Gasteiger partial charge in [0, 0.05) is 19.4 Å². The van der Waals surface area contributed by atoms with Crippen molar-refractivity contribution in [2.24, 2.45) is 0 Å². The molecule has 0 bridgehead atoms. The lowest BCUT2D eigenvalue weighted by Crippen LogP contribution is -2.31. The van der Waals surface area contributed by atoms with Crippen LogP contribution in [0.1, 0.15) is 36.8 Å². The number of esters is 1. The number of para-hydroxylation sites is 1. The van der Waals surface area contributed by atoms with Crippen molar-refractivity contribution in [3.05, 3.63) is 59.7 Å². The molecule has 0 fully saturated rings. The summed E-state index contributed by atoms with van der Waals surface area (Å²) >= 11 is 0. The highest BCUT2D eigenvalue weighted by molar-refractivity contribution is 7.92. The van der Waals surface area contributed by atoms with Crippen molar-refractivity contribution in [1.29, 1.82) is 0 Å². The molecule has 6 heteroatoms. The molecule has 3 rings (SSSR count). The summed E-state index contributed by atoms with van der Waals surface area (Å²) in [6, 6.07) is 14.4. The topological polar surface area (TPSA) is 63.7 Å². The zero-order valence-corrected chi connectivity index (χ0v) is 15.8. The van der Waals surface area contributed by atoms with Crippen LogP contribution in [0.5, 0.6) is 0 Å². The van der Waals surface area contributed by atoms with Crippen LogP contribution in [0, 0.1) is 6.92 Å². The molecule has 0 aromatic heterocycles. The number of hydrogen-bond donors (Lipinski definition) is 0. The van der Waals surface area contributed by atoms with E-state index in [2.05, 4.69) is 0 Å². The van der Waals surface area contributed by atoms with E-state index in [4.69, 9.17) is 4.74 Å². The first-order valence-electron chi connectivity index (χ1n) is 8.71. The van der Waals surface area contributed by atoms with Crippen molar-refractivity contribution in [2.75, 3.05) is 17.5 Å². The number of carbonyl (C=O) groups excluding carboxylic acids is 1. The summed E-state index contributed by atoms with van der Waals surface area (Å²) in [5.41, 5.74) is 2.59. The van der Waals surface area contributed by atoms with Gasteiger partial charge in [0.1, 0.15) is 0 Å². The third-order valence-electron chi connectivity index (χ3n) is 4.66. The maximum atomic E-state index is 13.2. The Labute approximate surface area is 154 Å². The maximum absolute atomic E-state index is 13.2. The smallest absolute Gasteiger partial charge is 0.302 e. The Morgan fingerprint density at radius 1 is 1.15 bits per heavy atom. The molecule has 0 N–H and O–H groups in total. The summed E-state index contributed by atoms with van der Waals surface area (Å²) in [5.74, 6) is -0.329. The van der Waals surface area contributed by atoms with Crippen molar-refractivity contribution in [1.82, 2.24) is 0 Å². The molecular weight excluding hydrogens is 350 g/mol. The van der Waals surface area contributed by atoms with E-state index in [1.54, 1.807) is 24.3 Å². The summed E-state index contributed by atoms with van der Waals surface area (Å²) in [6.07, 6.45) is 1.47. The predicted octanol–water partition coefficient (Wildman–Crippen LogP) is 3.63. The van der Waals surface area contributed by atoms with E-state index in [-0.39, 0.29) is 23.4 Å². The van der Waals surface area contributed by atoms with Crippen LogP contribution >= 0.6 is 0 Å². The molecule has 1 aliphatic rings. The van der Waals surface area contributed by atoms with Crippen LogP contribution < -0.4 is 4.31 Å². The molecule has 0 spiro atoms. The normalized spacial score (nSPS) is 17.3. The monoisotopic (exact) mass is 373 g/mol. The first-order valence-corrected chi connectivity index (χ1v) is 10.2. The lowest BCUT2D eigenvalue weighted by molar-refractivity contribution is -0.141. The molecule has 138 valence electrons. The van der Waals surface area contributed by atoms with Gasteiger partial charge in [0.05, 0.1) is 17.2 Å². The number of nitrogens with zero attached hydrogens (tertiary/aromatic N) is 1. The van der Waals surface area contributed by atoms with Gasteiger partial charge in [-0.2, -0.15) is 0 Å². The lowest BCUT2D eigenvalue weighted by atomic mass is 9.95. The number of carbonyl (C=O) groups is 1. The predicted molar refractivity (Wildman–Crippen MR) is 101 cm³/mol. The van der Waals surface area contributed by atoms with Crippen molar-refractivity contribution in [2.45, 2.75) is 37.5 Å². The Morgan fingerprint density at radius 2 is 1.85 bits per heavy atom. The lowest BCUT2D eigenvalue weighted by Gasteiger charge is -2.25. The van der Waals surface area contributed by atoms with Crippen LogP contribution in [-0.4, -0.2) is 27.5 Å². The van der Waals surface area contributed by atoms with Gasteiger partial charge in [-0.3, -0.25) is 9.10 Å². The number of fused-ring (bicyclic) bond motifs is 1. The molecule has 26 heavy (non-hydrogen) atoms. The van der Waals surface area contributed by atoms with Crippen molar-refractivity contribution < 1.29 is 17.9 Å². The van der Waals surface area contributed by atoms with Gasteiger partial charge in [-0.05, 0) is 43.5 Å². The summed E-state index contributed by atoms with van der Waals surface area (Å²) in [6.45, 7) is 3.99. The Balaban J connectivity index is 2.00. The molecule has 5 nitrogen and oxygen atoms in total. The fourth-order valence-electron chi connectivity index (χ4n) is 3.30. The van der Waals surface area contributed by atoms with E-state index in [1.165, 1.54) is 11.2 Å². The molecule has 1 atom stereocenters. The quantitative estimate of drug-likeness (QED) is 0.768. The molecule has 0 saturated heterocycles. The SMILES string of the molecule is CC(=O)OC[C@@H]1CCCN(S(=O)(=O)c2ccc(C)cc2)c2ccccc21. The minimum Gasteiger partial charge on any atom is -0.465 e. The standard InChI is InChI=1S/C20H23NO4S/c1-15-9-11-18(12-10-15)26(23,24)21-13-5-6-17(14-25-16(2)22)19-7-3-4-8-20(19)21/h3-4,7-12,17H,5-6,13-14H2,1-2H3/t17-/m0/s1. The van der Waals surface area contributed by atoms with Crippen LogP contribution in [0.3, 0.4) is 0 Å². The Kier molecular flexibility index (Phi) is 5.32. The summed E-state index contributed by atoms with van der Waals surface area (Å²) in [5, 5.41) is 0. The second-order valence-electron chi connectivity index (χ2n) is 6.59. The van der Waals surface area contributed by atoms with E-state index in [9.17, 15) is 13.2 Å². The molecule has 2 aromatic carbocycles. The fraction of sp³-hybridized carbons (Fsp3) is 0.350. The zero-order valence-electron chi connectivity index (χ0n) is 15.0. The number of rotatable bonds is 4. The number of sulfonamides is 1. The van der Waals surface area contributed by atoms with Crippen LogP contribution in [0.15, 0.2) is 53.4 Å². The molecule has 0 saturated carbocycles. The van der Waals surface area contributed by atoms with Crippen molar-refractivity contribution in [3.63, 3.8) is 0 Å². The van der Waals surface area contributed by atoms with E-state index < -0.39 is 10.0 Å². The molecular formula is C20H23NO4S. The Hall–Kier alpha value is -2.34. The number of benzene rings is 2. The van der Waals surface area contributed by atoms with Gasteiger partial charge < -0.3 is 4.74 Å². The van der Waals surface area contributed by atoms with Crippen molar-refractivity contribution >= 4 is 21.7 Å². The van der Waals surface area contributed by atoms with Gasteiger partial charge in [0.25, 0.3) is 10.0 Å². The first-order chi connectivity index (χ1) is 12.4. The fourth-order valence-corrected chi connectivity index (χ4v) is 4.82. The highest BCUT2D eigenvalue weighted by atomic mass is 32.2. The third kappa shape index (κ3) is 3.75. The Bertz CT molecular complexity index is 890. The minimum absolute atomic E-state index is 0.00619. The van der Waals surface area contributed by atoms with E-state index in [0.29, 0.717) is 18.7 Å². The average molecular weight is 373 g/mol. The van der Waals surface area contributed by atoms with Gasteiger partial charge in [-0.15, -0.1) is 0 Å². The van der Waals surface area contributed by atoms with Gasteiger partial charge in [-0.25, -0.2) is 8.42 Å². The molecule has 0 radical (unpaired) electrons. The van der Waals surface area contributed by atoms with E-state index >= 15 is 0 Å². The highest BCUT2D eigenvalue weighted by Gasteiger charge is 2.31. The molecule has 2 aromatic rings. The summed E-state index contributed by atoms with van der Waals surface area (Å²) in [4.78, 5) is 11.5. The summed E-state index contributed by atoms with van der Waals surface area (Å²) in [7, 11) is -3.64. The van der Waals surface area contributed by atoms with Gasteiger partial charge in [0.15, 0.2) is 0 Å². The number of ether oxygens (including phenoxy) is 1. The van der Waals surface area contributed by atoms with Crippen LogP contribution in [0.2, 0.25) is 0 Å². The minimum atomic E-state index is -3.64.